The zero-order valence-electron chi connectivity index (χ0n) is 13.4. The third kappa shape index (κ3) is 4.19. The standard InChI is InChI=1S/C18H20ClNO4/c1-24-14-7-4-6-13(12-14)17-15(19)8-5-9-16(17)20(18(22)23)10-2-3-11-21/h4-9,12,21H,2-3,10-11H2,1H3,(H,22,23). The molecule has 2 N–H and O–H groups in total. The quantitative estimate of drug-likeness (QED) is 0.732. The first-order chi connectivity index (χ1) is 11.6. The molecule has 1 amide bonds. The van der Waals surface area contributed by atoms with Gasteiger partial charge in [-0.1, -0.05) is 29.8 Å². The molecule has 0 aromatic heterocycles. The summed E-state index contributed by atoms with van der Waals surface area (Å²) in [5.74, 6) is 0.667. The van der Waals surface area contributed by atoms with Crippen LogP contribution >= 0.6 is 11.6 Å². The summed E-state index contributed by atoms with van der Waals surface area (Å²) in [5.41, 5.74) is 1.94. The van der Waals surface area contributed by atoms with Gasteiger partial charge in [0.15, 0.2) is 0 Å². The Kier molecular flexibility index (Phi) is 6.46. The first kappa shape index (κ1) is 18.1. The van der Waals surface area contributed by atoms with Crippen LogP contribution in [0.5, 0.6) is 5.75 Å². The fraction of sp³-hybridized carbons (Fsp3) is 0.278. The third-order valence-electron chi connectivity index (χ3n) is 3.66. The predicted molar refractivity (Wildman–Crippen MR) is 95.1 cm³/mol. The lowest BCUT2D eigenvalue weighted by atomic mass is 10.0. The van der Waals surface area contributed by atoms with Crippen molar-refractivity contribution in [3.8, 4) is 16.9 Å². The topological polar surface area (TPSA) is 70.0 Å². The first-order valence-corrected chi connectivity index (χ1v) is 8.00. The van der Waals surface area contributed by atoms with Crippen LogP contribution in [0.4, 0.5) is 10.5 Å². The average Bonchev–Trinajstić information content (AvgIpc) is 2.58. The Labute approximate surface area is 146 Å². The van der Waals surface area contributed by atoms with E-state index in [0.717, 1.165) is 5.56 Å². The molecule has 0 spiro atoms. The van der Waals surface area contributed by atoms with Crippen LogP contribution in [0.2, 0.25) is 5.02 Å². The number of rotatable bonds is 7. The van der Waals surface area contributed by atoms with Gasteiger partial charge in [-0.3, -0.25) is 4.90 Å². The lowest BCUT2D eigenvalue weighted by Gasteiger charge is -2.23. The van der Waals surface area contributed by atoms with Gasteiger partial charge in [-0.25, -0.2) is 4.79 Å². The molecule has 0 bridgehead atoms. The largest absolute Gasteiger partial charge is 0.497 e. The molecule has 2 aromatic carbocycles. The summed E-state index contributed by atoms with van der Waals surface area (Å²) in [4.78, 5) is 13.0. The van der Waals surface area contributed by atoms with Crippen LogP contribution in [0.25, 0.3) is 11.1 Å². The molecule has 2 aromatic rings. The number of benzene rings is 2. The molecular formula is C18H20ClNO4. The number of carbonyl (C=O) groups is 1. The maximum absolute atomic E-state index is 11.7. The monoisotopic (exact) mass is 349 g/mol. The fourth-order valence-corrected chi connectivity index (χ4v) is 2.78. The molecule has 0 aliphatic carbocycles. The maximum atomic E-state index is 11.7. The minimum Gasteiger partial charge on any atom is -0.497 e. The highest BCUT2D eigenvalue weighted by Gasteiger charge is 2.20. The zero-order valence-corrected chi connectivity index (χ0v) is 14.2. The van der Waals surface area contributed by atoms with E-state index in [-0.39, 0.29) is 13.2 Å². The van der Waals surface area contributed by atoms with E-state index in [0.29, 0.717) is 34.9 Å². The van der Waals surface area contributed by atoms with E-state index in [1.807, 2.05) is 24.3 Å². The summed E-state index contributed by atoms with van der Waals surface area (Å²) in [5, 5.41) is 19.0. The van der Waals surface area contributed by atoms with Crippen LogP contribution < -0.4 is 9.64 Å². The minimum absolute atomic E-state index is 0.0335. The van der Waals surface area contributed by atoms with Gasteiger partial charge in [-0.05, 0) is 42.7 Å². The van der Waals surface area contributed by atoms with E-state index in [4.69, 9.17) is 21.4 Å². The van der Waals surface area contributed by atoms with Crippen molar-refractivity contribution in [3.63, 3.8) is 0 Å². The summed E-state index contributed by atoms with van der Waals surface area (Å²) in [6.45, 7) is 0.318. The lowest BCUT2D eigenvalue weighted by Crippen LogP contribution is -2.30. The van der Waals surface area contributed by atoms with Crippen LogP contribution in [0, 0.1) is 0 Å². The normalized spacial score (nSPS) is 10.5. The lowest BCUT2D eigenvalue weighted by molar-refractivity contribution is 0.201. The second-order valence-electron chi connectivity index (χ2n) is 5.23. The number of aliphatic hydroxyl groups excluding tert-OH is 1. The van der Waals surface area contributed by atoms with Gasteiger partial charge in [-0.15, -0.1) is 0 Å². The van der Waals surface area contributed by atoms with Crippen LogP contribution in [-0.4, -0.2) is 36.6 Å². The molecule has 128 valence electrons. The van der Waals surface area contributed by atoms with Crippen LogP contribution in [-0.2, 0) is 0 Å². The Hall–Kier alpha value is -2.24. The van der Waals surface area contributed by atoms with E-state index >= 15 is 0 Å². The highest BCUT2D eigenvalue weighted by molar-refractivity contribution is 6.34. The number of nitrogens with zero attached hydrogens (tertiary/aromatic N) is 1. The average molecular weight is 350 g/mol. The zero-order chi connectivity index (χ0) is 17.5. The molecule has 0 heterocycles. The number of methoxy groups -OCH3 is 1. The number of carboxylic acid groups (broad SMARTS) is 1. The number of hydrogen-bond acceptors (Lipinski definition) is 3. The molecule has 0 aliphatic heterocycles. The molecule has 5 nitrogen and oxygen atoms in total. The molecule has 0 unspecified atom stereocenters. The molecule has 24 heavy (non-hydrogen) atoms. The Bertz CT molecular complexity index is 705. The highest BCUT2D eigenvalue weighted by Crippen LogP contribution is 2.38. The molecule has 0 fully saturated rings. The summed E-state index contributed by atoms with van der Waals surface area (Å²) >= 11 is 6.37. The number of anilines is 1. The van der Waals surface area contributed by atoms with Crippen molar-refractivity contribution in [2.24, 2.45) is 0 Å². The maximum Gasteiger partial charge on any atom is 0.411 e. The van der Waals surface area contributed by atoms with Crippen molar-refractivity contribution in [2.45, 2.75) is 12.8 Å². The molecular weight excluding hydrogens is 330 g/mol. The van der Waals surface area contributed by atoms with Crippen LogP contribution in [0.1, 0.15) is 12.8 Å². The number of amides is 1. The summed E-state index contributed by atoms with van der Waals surface area (Å²) < 4.78 is 5.24. The summed E-state index contributed by atoms with van der Waals surface area (Å²) in [6.07, 6.45) is 0.0467. The van der Waals surface area contributed by atoms with Crippen molar-refractivity contribution in [3.05, 3.63) is 47.5 Å². The van der Waals surface area contributed by atoms with Gasteiger partial charge < -0.3 is 14.9 Å². The Morgan fingerprint density at radius 3 is 2.62 bits per heavy atom. The number of hydrogen-bond donors (Lipinski definition) is 2. The van der Waals surface area contributed by atoms with E-state index in [1.165, 1.54) is 4.90 Å². The minimum atomic E-state index is -1.06. The number of aliphatic hydroxyl groups is 1. The van der Waals surface area contributed by atoms with Gasteiger partial charge in [0.1, 0.15) is 5.75 Å². The van der Waals surface area contributed by atoms with Crippen molar-refractivity contribution in [1.29, 1.82) is 0 Å². The number of halogens is 1. The van der Waals surface area contributed by atoms with Crippen molar-refractivity contribution in [2.75, 3.05) is 25.2 Å². The highest BCUT2D eigenvalue weighted by atomic mass is 35.5. The van der Waals surface area contributed by atoms with Crippen molar-refractivity contribution in [1.82, 2.24) is 0 Å². The van der Waals surface area contributed by atoms with Crippen LogP contribution in [0.15, 0.2) is 42.5 Å². The second kappa shape index (κ2) is 8.57. The Balaban J connectivity index is 2.49. The van der Waals surface area contributed by atoms with Crippen molar-refractivity contribution >= 4 is 23.4 Å². The van der Waals surface area contributed by atoms with E-state index < -0.39 is 6.09 Å². The van der Waals surface area contributed by atoms with E-state index in [9.17, 15) is 9.90 Å². The molecule has 0 saturated heterocycles. The van der Waals surface area contributed by atoms with E-state index in [2.05, 4.69) is 0 Å². The van der Waals surface area contributed by atoms with Gasteiger partial charge in [0.25, 0.3) is 0 Å². The summed E-state index contributed by atoms with van der Waals surface area (Å²) in [6, 6.07) is 12.5. The number of ether oxygens (including phenoxy) is 1. The molecule has 0 atom stereocenters. The third-order valence-corrected chi connectivity index (χ3v) is 3.98. The van der Waals surface area contributed by atoms with Crippen molar-refractivity contribution < 1.29 is 19.7 Å². The Morgan fingerprint density at radius 2 is 1.96 bits per heavy atom. The van der Waals surface area contributed by atoms with Crippen LogP contribution in [0.3, 0.4) is 0 Å². The van der Waals surface area contributed by atoms with Gasteiger partial charge in [0.2, 0.25) is 0 Å². The molecule has 0 saturated carbocycles. The smallest absolute Gasteiger partial charge is 0.411 e. The second-order valence-corrected chi connectivity index (χ2v) is 5.64. The SMILES string of the molecule is COc1cccc(-c2c(Cl)cccc2N(CCCCO)C(=O)O)c1. The molecule has 6 heteroatoms. The molecule has 0 radical (unpaired) electrons. The number of unbranched alkanes of at least 4 members (excludes halogenated alkanes) is 1. The van der Waals surface area contributed by atoms with Gasteiger partial charge in [0.05, 0.1) is 17.8 Å². The van der Waals surface area contributed by atoms with Gasteiger partial charge in [-0.2, -0.15) is 0 Å². The predicted octanol–water partition coefficient (Wildman–Crippen LogP) is 4.27. The molecule has 2 rings (SSSR count). The van der Waals surface area contributed by atoms with Gasteiger partial charge in [0, 0.05) is 18.7 Å². The Morgan fingerprint density at radius 1 is 1.21 bits per heavy atom. The fourth-order valence-electron chi connectivity index (χ4n) is 2.50. The molecule has 0 aliphatic rings. The van der Waals surface area contributed by atoms with E-state index in [1.54, 1.807) is 25.3 Å². The first-order valence-electron chi connectivity index (χ1n) is 7.62. The summed E-state index contributed by atoms with van der Waals surface area (Å²) in [7, 11) is 1.57. The van der Waals surface area contributed by atoms with Gasteiger partial charge >= 0.3 is 6.09 Å².